The fourth-order valence-electron chi connectivity index (χ4n) is 1.24. The first-order valence-electron chi connectivity index (χ1n) is 3.58. The Balaban J connectivity index is 0. The predicted octanol–water partition coefficient (Wildman–Crippen LogP) is 1.32. The molecule has 1 nitrogen and oxygen atoms in total. The van der Waals surface area contributed by atoms with Crippen molar-refractivity contribution in [3.05, 3.63) is 0 Å². The molecule has 1 saturated heterocycles. The lowest BCUT2D eigenvalue weighted by atomic mass is 10.0. The molecule has 11 heavy (non-hydrogen) atoms. The molecule has 0 aromatic rings. The maximum atomic E-state index is 11.6. The van der Waals surface area contributed by atoms with Crippen LogP contribution in [0.2, 0.25) is 0 Å². The molecule has 1 fully saturated rings. The second-order valence-electron chi connectivity index (χ2n) is 2.52. The van der Waals surface area contributed by atoms with Crippen LogP contribution in [0.15, 0.2) is 0 Å². The Morgan fingerprint density at radius 3 is 2.09 bits per heavy atom. The SMILES string of the molecule is F.F.F[B]CN1CCCCC1. The molecule has 0 unspecified atom stereocenters. The molecule has 0 aromatic heterocycles. The van der Waals surface area contributed by atoms with Crippen molar-refractivity contribution >= 4 is 7.56 Å². The highest BCUT2D eigenvalue weighted by Crippen LogP contribution is 2.06. The van der Waals surface area contributed by atoms with Crippen LogP contribution < -0.4 is 0 Å². The van der Waals surface area contributed by atoms with Gasteiger partial charge < -0.3 is 9.22 Å². The first kappa shape index (κ1) is 13.4. The Morgan fingerprint density at radius 1 is 1.09 bits per heavy atom. The van der Waals surface area contributed by atoms with Crippen LogP contribution in [0.1, 0.15) is 19.3 Å². The lowest BCUT2D eigenvalue weighted by Crippen LogP contribution is -2.32. The minimum atomic E-state index is 0. The van der Waals surface area contributed by atoms with Gasteiger partial charge in [0.15, 0.2) is 0 Å². The number of hydrogen-bond donors (Lipinski definition) is 0. The molecule has 0 aliphatic carbocycles. The molecule has 67 valence electrons. The summed E-state index contributed by atoms with van der Waals surface area (Å²) in [5.74, 6) is 0. The highest BCUT2D eigenvalue weighted by atomic mass is 19.1. The van der Waals surface area contributed by atoms with E-state index in [2.05, 4.69) is 4.90 Å². The number of rotatable bonds is 2. The van der Waals surface area contributed by atoms with Crippen LogP contribution >= 0.6 is 0 Å². The van der Waals surface area contributed by atoms with Gasteiger partial charge in [-0.15, -0.1) is 0 Å². The van der Waals surface area contributed by atoms with E-state index in [1.54, 1.807) is 0 Å². The van der Waals surface area contributed by atoms with Gasteiger partial charge in [-0.25, -0.2) is 0 Å². The molecule has 0 N–H and O–H groups in total. The van der Waals surface area contributed by atoms with Crippen molar-refractivity contribution in [3.63, 3.8) is 0 Å². The van der Waals surface area contributed by atoms with Crippen LogP contribution in [0, 0.1) is 0 Å². The Bertz CT molecular complexity index is 75.5. The van der Waals surface area contributed by atoms with E-state index < -0.39 is 0 Å². The van der Waals surface area contributed by atoms with Gasteiger partial charge in [0.2, 0.25) is 0 Å². The van der Waals surface area contributed by atoms with Gasteiger partial charge in [0.05, 0.1) is 0 Å². The molecular weight excluding hydrogens is 154 g/mol. The van der Waals surface area contributed by atoms with Crippen LogP contribution in [0.25, 0.3) is 0 Å². The van der Waals surface area contributed by atoms with Gasteiger partial charge in [-0.05, 0) is 25.9 Å². The Kier molecular flexibility index (Phi) is 9.65. The zero-order valence-electron chi connectivity index (χ0n) is 6.46. The van der Waals surface area contributed by atoms with E-state index in [0.29, 0.717) is 6.44 Å². The summed E-state index contributed by atoms with van der Waals surface area (Å²) in [6, 6.07) is 0. The predicted molar refractivity (Wildman–Crippen MR) is 42.2 cm³/mol. The quantitative estimate of drug-likeness (QED) is 0.562. The maximum absolute atomic E-state index is 11.6. The summed E-state index contributed by atoms with van der Waals surface area (Å²) in [6.07, 6.45) is 4.34. The average Bonchev–Trinajstić information content (AvgIpc) is 1.91. The van der Waals surface area contributed by atoms with Crippen molar-refractivity contribution in [1.82, 2.24) is 4.90 Å². The minimum Gasteiger partial charge on any atom is -0.341 e. The topological polar surface area (TPSA) is 3.24 Å². The molecular formula is C6H14BF3N. The highest BCUT2D eigenvalue weighted by Gasteiger charge is 2.08. The van der Waals surface area contributed by atoms with E-state index in [-0.39, 0.29) is 9.41 Å². The summed E-state index contributed by atoms with van der Waals surface area (Å²) >= 11 is 0. The standard InChI is InChI=1S/C6H12BFN.2FH/c8-7-6-9-4-2-1-3-5-9;;/h1-6H2;2*1H. The normalized spacial score (nSPS) is 17.9. The van der Waals surface area contributed by atoms with E-state index in [0.717, 1.165) is 20.6 Å². The smallest absolute Gasteiger partial charge is 0.341 e. The molecule has 0 amide bonds. The van der Waals surface area contributed by atoms with Crippen molar-refractivity contribution in [2.45, 2.75) is 19.3 Å². The van der Waals surface area contributed by atoms with E-state index >= 15 is 0 Å². The van der Waals surface area contributed by atoms with Crippen LogP contribution in [0.5, 0.6) is 0 Å². The van der Waals surface area contributed by atoms with Crippen molar-refractivity contribution < 1.29 is 13.7 Å². The molecule has 1 radical (unpaired) electrons. The van der Waals surface area contributed by atoms with E-state index in [4.69, 9.17) is 0 Å². The number of piperidine rings is 1. The van der Waals surface area contributed by atoms with Crippen molar-refractivity contribution in [1.29, 1.82) is 0 Å². The van der Waals surface area contributed by atoms with Crippen molar-refractivity contribution in [3.8, 4) is 0 Å². The maximum Gasteiger partial charge on any atom is 0.369 e. The second-order valence-corrected chi connectivity index (χ2v) is 2.52. The fraction of sp³-hybridized carbons (Fsp3) is 1.00. The van der Waals surface area contributed by atoms with E-state index in [1.165, 1.54) is 19.3 Å². The molecule has 0 aromatic carbocycles. The van der Waals surface area contributed by atoms with Gasteiger partial charge in [-0.3, -0.25) is 9.41 Å². The third-order valence-corrected chi connectivity index (χ3v) is 1.78. The lowest BCUT2D eigenvalue weighted by molar-refractivity contribution is 0.259. The molecule has 0 spiro atoms. The summed E-state index contributed by atoms with van der Waals surface area (Å²) < 4.78 is 11.6. The summed E-state index contributed by atoms with van der Waals surface area (Å²) in [6.45, 7) is 2.17. The highest BCUT2D eigenvalue weighted by molar-refractivity contribution is 6.26. The van der Waals surface area contributed by atoms with Gasteiger partial charge in [0.25, 0.3) is 0 Å². The van der Waals surface area contributed by atoms with Crippen LogP contribution in [-0.4, -0.2) is 32.0 Å². The first-order valence-corrected chi connectivity index (χ1v) is 3.58. The van der Waals surface area contributed by atoms with Gasteiger partial charge in [0, 0.05) is 6.44 Å². The summed E-state index contributed by atoms with van der Waals surface area (Å²) in [4.78, 5) is 2.14. The fourth-order valence-corrected chi connectivity index (χ4v) is 1.24. The number of likely N-dealkylation sites (tertiary alicyclic amines) is 1. The van der Waals surface area contributed by atoms with Crippen LogP contribution in [0.4, 0.5) is 13.7 Å². The minimum absolute atomic E-state index is 0. The molecule has 1 rings (SSSR count). The summed E-state index contributed by atoms with van der Waals surface area (Å²) in [5, 5.41) is 0. The summed E-state index contributed by atoms with van der Waals surface area (Å²) in [7, 11) is 0.741. The van der Waals surface area contributed by atoms with E-state index in [1.807, 2.05) is 0 Å². The Labute approximate surface area is 66.0 Å². The second kappa shape index (κ2) is 7.92. The third-order valence-electron chi connectivity index (χ3n) is 1.78. The number of halogens is 3. The van der Waals surface area contributed by atoms with Crippen LogP contribution in [-0.2, 0) is 0 Å². The average molecular weight is 168 g/mol. The van der Waals surface area contributed by atoms with Gasteiger partial charge in [0.1, 0.15) is 0 Å². The molecule has 1 aliphatic heterocycles. The monoisotopic (exact) mass is 168 g/mol. The number of hydrogen-bond acceptors (Lipinski definition) is 1. The molecule has 0 saturated carbocycles. The Hall–Kier alpha value is -0.185. The zero-order valence-corrected chi connectivity index (χ0v) is 6.46. The van der Waals surface area contributed by atoms with Gasteiger partial charge in [-0.1, -0.05) is 6.42 Å². The van der Waals surface area contributed by atoms with Gasteiger partial charge in [-0.2, -0.15) is 0 Å². The largest absolute Gasteiger partial charge is 0.369 e. The Morgan fingerprint density at radius 2 is 1.64 bits per heavy atom. The molecule has 0 atom stereocenters. The van der Waals surface area contributed by atoms with E-state index in [9.17, 15) is 4.32 Å². The van der Waals surface area contributed by atoms with Gasteiger partial charge >= 0.3 is 7.56 Å². The molecule has 0 bridgehead atoms. The van der Waals surface area contributed by atoms with Crippen molar-refractivity contribution in [2.75, 3.05) is 19.5 Å². The molecule has 1 heterocycles. The summed E-state index contributed by atoms with van der Waals surface area (Å²) in [5.41, 5.74) is 0. The third kappa shape index (κ3) is 5.12. The van der Waals surface area contributed by atoms with Crippen molar-refractivity contribution in [2.24, 2.45) is 0 Å². The number of nitrogens with zero attached hydrogens (tertiary/aromatic N) is 1. The first-order chi connectivity index (χ1) is 4.43. The molecule has 5 heteroatoms. The lowest BCUT2D eigenvalue weighted by Gasteiger charge is -2.24. The molecule has 1 aliphatic rings. The van der Waals surface area contributed by atoms with Crippen LogP contribution in [0.3, 0.4) is 0 Å². The zero-order chi connectivity index (χ0) is 6.53.